The van der Waals surface area contributed by atoms with Crippen LogP contribution in [-0.4, -0.2) is 59.1 Å². The number of nitrogens with one attached hydrogen (secondary N) is 2. The molecule has 2 N–H and O–H groups in total. The Morgan fingerprint density at radius 2 is 1.90 bits per heavy atom. The van der Waals surface area contributed by atoms with E-state index in [1.165, 1.54) is 30.5 Å². The molecule has 0 amide bonds. The average Bonchev–Trinajstić information content (AvgIpc) is 2.72. The second-order valence-corrected chi connectivity index (χ2v) is 7.91. The molecule has 1 heterocycles. The smallest absolute Gasteiger partial charge is 0.191 e. The van der Waals surface area contributed by atoms with Gasteiger partial charge in [-0.05, 0) is 49.3 Å². The highest BCUT2D eigenvalue weighted by Crippen LogP contribution is 2.43. The van der Waals surface area contributed by atoms with Crippen molar-refractivity contribution in [2.45, 2.75) is 39.2 Å². The molecule has 1 aliphatic carbocycles. The molecule has 0 spiro atoms. The summed E-state index contributed by atoms with van der Waals surface area (Å²) in [6.07, 6.45) is 5.02. The molecule has 0 radical (unpaired) electrons. The number of benzene rings is 1. The highest BCUT2D eigenvalue weighted by molar-refractivity contribution is 14.0. The van der Waals surface area contributed by atoms with E-state index < -0.39 is 0 Å². The van der Waals surface area contributed by atoms with Crippen molar-refractivity contribution in [3.63, 3.8) is 0 Å². The molecule has 1 saturated carbocycles. The first kappa shape index (κ1) is 24.2. The number of hydrogen-bond donors (Lipinski definition) is 2. The van der Waals surface area contributed by atoms with E-state index in [9.17, 15) is 0 Å². The van der Waals surface area contributed by atoms with E-state index in [2.05, 4.69) is 46.7 Å². The zero-order valence-electron chi connectivity index (χ0n) is 17.9. The van der Waals surface area contributed by atoms with E-state index in [0.29, 0.717) is 12.0 Å². The molecule has 0 atom stereocenters. The van der Waals surface area contributed by atoms with Gasteiger partial charge in [0.2, 0.25) is 0 Å². The number of ether oxygens (including phenoxy) is 2. The Morgan fingerprint density at radius 1 is 1.17 bits per heavy atom. The molecule has 164 valence electrons. The van der Waals surface area contributed by atoms with Crippen molar-refractivity contribution in [1.29, 1.82) is 0 Å². The van der Waals surface area contributed by atoms with Crippen LogP contribution in [0.25, 0.3) is 0 Å². The van der Waals surface area contributed by atoms with E-state index in [-0.39, 0.29) is 24.0 Å². The summed E-state index contributed by atoms with van der Waals surface area (Å²) < 4.78 is 10.7. The number of hydrogen-bond acceptors (Lipinski definition) is 4. The highest BCUT2D eigenvalue weighted by atomic mass is 127. The Morgan fingerprint density at radius 3 is 2.48 bits per heavy atom. The molecule has 0 unspecified atom stereocenters. The topological polar surface area (TPSA) is 58.1 Å². The van der Waals surface area contributed by atoms with Crippen LogP contribution in [0.5, 0.6) is 0 Å². The quantitative estimate of drug-likeness (QED) is 0.300. The van der Waals surface area contributed by atoms with Crippen molar-refractivity contribution >= 4 is 35.6 Å². The maximum atomic E-state index is 5.43. The van der Waals surface area contributed by atoms with Gasteiger partial charge in [0, 0.05) is 45.6 Å². The standard InChI is InChI=1S/C22H36N4O2.HI/c1-3-23-21(25-18-22(9-4-10-22)11-14-27-2)24-17-19-5-7-20(8-6-19)26-12-15-28-16-13-26;/h5-8H,3-4,9-18H2,1-2H3,(H2,23,24,25);1H. The fourth-order valence-electron chi connectivity index (χ4n) is 3.93. The molecular formula is C22H37IN4O2. The molecule has 6 nitrogen and oxygen atoms in total. The van der Waals surface area contributed by atoms with E-state index in [0.717, 1.165) is 58.4 Å². The molecule has 2 fully saturated rings. The lowest BCUT2D eigenvalue weighted by Crippen LogP contribution is -2.46. The first-order valence-corrected chi connectivity index (χ1v) is 10.7. The zero-order valence-corrected chi connectivity index (χ0v) is 20.2. The zero-order chi connectivity index (χ0) is 19.7. The van der Waals surface area contributed by atoms with Gasteiger partial charge in [-0.15, -0.1) is 24.0 Å². The van der Waals surface area contributed by atoms with E-state index >= 15 is 0 Å². The van der Waals surface area contributed by atoms with Gasteiger partial charge in [0.25, 0.3) is 0 Å². The number of anilines is 1. The van der Waals surface area contributed by atoms with Gasteiger partial charge in [-0.1, -0.05) is 18.6 Å². The Labute approximate surface area is 192 Å². The molecular weight excluding hydrogens is 479 g/mol. The number of aliphatic imine (C=N–C) groups is 1. The van der Waals surface area contributed by atoms with Crippen molar-refractivity contribution in [2.24, 2.45) is 10.4 Å². The van der Waals surface area contributed by atoms with Crippen LogP contribution in [0.2, 0.25) is 0 Å². The average molecular weight is 516 g/mol. The van der Waals surface area contributed by atoms with Gasteiger partial charge in [0.1, 0.15) is 0 Å². The summed E-state index contributed by atoms with van der Waals surface area (Å²) in [6.45, 7) is 9.04. The number of halogens is 1. The van der Waals surface area contributed by atoms with Gasteiger partial charge in [-0.3, -0.25) is 0 Å². The van der Waals surface area contributed by atoms with Gasteiger partial charge in [-0.25, -0.2) is 4.99 Å². The van der Waals surface area contributed by atoms with Crippen molar-refractivity contribution in [2.75, 3.05) is 58.0 Å². The summed E-state index contributed by atoms with van der Waals surface area (Å²) >= 11 is 0. The van der Waals surface area contributed by atoms with E-state index in [1.807, 2.05) is 0 Å². The van der Waals surface area contributed by atoms with Gasteiger partial charge >= 0.3 is 0 Å². The third-order valence-corrected chi connectivity index (χ3v) is 5.96. The predicted octanol–water partition coefficient (Wildman–Crippen LogP) is 3.40. The van der Waals surface area contributed by atoms with Crippen LogP contribution in [0.15, 0.2) is 29.3 Å². The fraction of sp³-hybridized carbons (Fsp3) is 0.682. The van der Waals surface area contributed by atoms with Crippen LogP contribution in [0.3, 0.4) is 0 Å². The van der Waals surface area contributed by atoms with Crippen molar-refractivity contribution < 1.29 is 9.47 Å². The number of methoxy groups -OCH3 is 1. The van der Waals surface area contributed by atoms with Crippen LogP contribution in [-0.2, 0) is 16.0 Å². The lowest BCUT2D eigenvalue weighted by atomic mass is 9.67. The minimum absolute atomic E-state index is 0. The molecule has 2 aliphatic rings. The van der Waals surface area contributed by atoms with E-state index in [1.54, 1.807) is 7.11 Å². The molecule has 1 aromatic rings. The fourth-order valence-corrected chi connectivity index (χ4v) is 3.93. The number of rotatable bonds is 9. The SMILES string of the molecule is CCNC(=NCc1ccc(N2CCOCC2)cc1)NCC1(CCOC)CCC1.I. The first-order valence-electron chi connectivity index (χ1n) is 10.7. The second-order valence-electron chi connectivity index (χ2n) is 7.91. The highest BCUT2D eigenvalue weighted by Gasteiger charge is 2.36. The minimum Gasteiger partial charge on any atom is -0.385 e. The predicted molar refractivity (Wildman–Crippen MR) is 130 cm³/mol. The Hall–Kier alpha value is -1.06. The third kappa shape index (κ3) is 7.29. The number of nitrogens with zero attached hydrogens (tertiary/aromatic N) is 2. The molecule has 3 rings (SSSR count). The molecule has 0 bridgehead atoms. The Balaban J connectivity index is 0.00000300. The van der Waals surface area contributed by atoms with Crippen LogP contribution in [0, 0.1) is 5.41 Å². The van der Waals surface area contributed by atoms with E-state index in [4.69, 9.17) is 14.5 Å². The van der Waals surface area contributed by atoms with Gasteiger partial charge in [0.05, 0.1) is 19.8 Å². The van der Waals surface area contributed by atoms with Crippen LogP contribution in [0.4, 0.5) is 5.69 Å². The summed E-state index contributed by atoms with van der Waals surface area (Å²) in [7, 11) is 1.79. The molecule has 0 aromatic heterocycles. The second kappa shape index (κ2) is 12.6. The normalized spacial score (nSPS) is 18.6. The summed E-state index contributed by atoms with van der Waals surface area (Å²) in [5.41, 5.74) is 2.88. The largest absolute Gasteiger partial charge is 0.385 e. The van der Waals surface area contributed by atoms with Crippen LogP contribution >= 0.6 is 24.0 Å². The lowest BCUT2D eigenvalue weighted by Gasteiger charge is -2.42. The Bertz CT molecular complexity index is 614. The summed E-state index contributed by atoms with van der Waals surface area (Å²) in [6, 6.07) is 8.77. The lowest BCUT2D eigenvalue weighted by molar-refractivity contribution is 0.0732. The van der Waals surface area contributed by atoms with Gasteiger partial charge in [-0.2, -0.15) is 0 Å². The Kier molecular flexibility index (Phi) is 10.5. The molecule has 1 aromatic carbocycles. The molecule has 29 heavy (non-hydrogen) atoms. The van der Waals surface area contributed by atoms with Gasteiger partial charge in [0.15, 0.2) is 5.96 Å². The van der Waals surface area contributed by atoms with Gasteiger partial charge < -0.3 is 25.0 Å². The summed E-state index contributed by atoms with van der Waals surface area (Å²) in [4.78, 5) is 7.17. The number of guanidine groups is 1. The maximum Gasteiger partial charge on any atom is 0.191 e. The van der Waals surface area contributed by atoms with Crippen molar-refractivity contribution in [3.05, 3.63) is 29.8 Å². The molecule has 1 aliphatic heterocycles. The first-order chi connectivity index (χ1) is 13.7. The molecule has 1 saturated heterocycles. The molecule has 7 heteroatoms. The third-order valence-electron chi connectivity index (χ3n) is 5.96. The monoisotopic (exact) mass is 516 g/mol. The van der Waals surface area contributed by atoms with Crippen molar-refractivity contribution in [3.8, 4) is 0 Å². The number of morpholine rings is 1. The van der Waals surface area contributed by atoms with Crippen molar-refractivity contribution in [1.82, 2.24) is 10.6 Å². The summed E-state index contributed by atoms with van der Waals surface area (Å²) in [5, 5.41) is 6.95. The maximum absolute atomic E-state index is 5.43. The summed E-state index contributed by atoms with van der Waals surface area (Å²) in [5.74, 6) is 0.906. The van der Waals surface area contributed by atoms with Crippen LogP contribution < -0.4 is 15.5 Å². The van der Waals surface area contributed by atoms with Crippen LogP contribution in [0.1, 0.15) is 38.2 Å². The minimum atomic E-state index is 0.